The van der Waals surface area contributed by atoms with Gasteiger partial charge in [0.25, 0.3) is 11.5 Å². The Morgan fingerprint density at radius 2 is 1.82 bits per heavy atom. The highest BCUT2D eigenvalue weighted by Gasteiger charge is 2.38. The number of hydrogen-bond donors (Lipinski definition) is 0. The predicted octanol–water partition coefficient (Wildman–Crippen LogP) is 3.72. The zero-order valence-electron chi connectivity index (χ0n) is 20.3. The first-order valence-electron chi connectivity index (χ1n) is 12.3. The number of nitrogens with zero attached hydrogens (tertiary/aromatic N) is 5. The van der Waals surface area contributed by atoms with Gasteiger partial charge in [-0.25, -0.2) is 0 Å². The minimum atomic E-state index is -0.245. The molecule has 0 bridgehead atoms. The Morgan fingerprint density at radius 1 is 1.15 bits per heavy atom. The minimum absolute atomic E-state index is 0.0465. The van der Waals surface area contributed by atoms with Crippen LogP contribution >= 0.6 is 24.0 Å². The monoisotopic (exact) mass is 499 g/mol. The van der Waals surface area contributed by atoms with Gasteiger partial charge in [0.2, 0.25) is 0 Å². The lowest BCUT2D eigenvalue weighted by Gasteiger charge is -2.37. The molecule has 0 aromatic carbocycles. The molecule has 4 rings (SSSR count). The van der Waals surface area contributed by atoms with Crippen molar-refractivity contribution in [2.75, 3.05) is 37.6 Å². The number of thiocarbonyl (C=S) groups is 1. The van der Waals surface area contributed by atoms with Crippen LogP contribution < -0.4 is 10.5 Å². The molecule has 7 nitrogen and oxygen atoms in total. The Bertz CT molecular complexity index is 1110. The van der Waals surface area contributed by atoms with Crippen LogP contribution in [0.3, 0.4) is 0 Å². The van der Waals surface area contributed by atoms with Gasteiger partial charge in [-0.2, -0.15) is 5.26 Å². The van der Waals surface area contributed by atoms with Gasteiger partial charge >= 0.3 is 0 Å². The van der Waals surface area contributed by atoms with E-state index in [0.29, 0.717) is 21.3 Å². The zero-order chi connectivity index (χ0) is 24.4. The maximum absolute atomic E-state index is 13.4. The largest absolute Gasteiger partial charge is 0.355 e. The molecule has 1 amide bonds. The van der Waals surface area contributed by atoms with E-state index in [0.717, 1.165) is 76.2 Å². The number of anilines is 1. The van der Waals surface area contributed by atoms with Gasteiger partial charge in [0, 0.05) is 44.3 Å². The number of likely N-dealkylation sites (N-methyl/N-ethyl adjacent to an activating group) is 1. The van der Waals surface area contributed by atoms with Crippen LogP contribution in [0, 0.1) is 18.3 Å². The van der Waals surface area contributed by atoms with Gasteiger partial charge in [0.1, 0.15) is 21.8 Å². The smallest absolute Gasteiger partial charge is 0.270 e. The molecule has 1 aliphatic carbocycles. The number of thioether (sulfide) groups is 1. The van der Waals surface area contributed by atoms with Crippen molar-refractivity contribution in [2.45, 2.75) is 65.5 Å². The van der Waals surface area contributed by atoms with Crippen molar-refractivity contribution in [3.8, 4) is 6.07 Å². The number of hydrogen-bond acceptors (Lipinski definition) is 7. The molecule has 2 aliphatic heterocycles. The Kier molecular flexibility index (Phi) is 7.80. The first kappa shape index (κ1) is 25.0. The lowest BCUT2D eigenvalue weighted by molar-refractivity contribution is -0.123. The number of rotatable bonds is 6. The van der Waals surface area contributed by atoms with E-state index in [-0.39, 0.29) is 23.1 Å². The molecule has 0 N–H and O–H groups in total. The highest BCUT2D eigenvalue weighted by atomic mass is 32.2. The highest BCUT2D eigenvalue weighted by Crippen LogP contribution is 2.39. The van der Waals surface area contributed by atoms with Crippen LogP contribution in [-0.2, 0) is 11.3 Å². The van der Waals surface area contributed by atoms with Gasteiger partial charge < -0.3 is 9.80 Å². The molecule has 1 aromatic heterocycles. The second-order valence-electron chi connectivity index (χ2n) is 9.22. The van der Waals surface area contributed by atoms with Crippen LogP contribution in [0.1, 0.15) is 62.6 Å². The van der Waals surface area contributed by atoms with Crippen molar-refractivity contribution in [3.05, 3.63) is 31.9 Å². The molecular formula is C25H33N5O2S2. The summed E-state index contributed by atoms with van der Waals surface area (Å²) < 4.78 is 2.36. The maximum atomic E-state index is 13.4. The fraction of sp³-hybridized carbons (Fsp3) is 0.600. The Balaban J connectivity index is 1.83. The lowest BCUT2D eigenvalue weighted by Crippen LogP contribution is -2.48. The summed E-state index contributed by atoms with van der Waals surface area (Å²) in [6, 6.07) is 2.32. The molecule has 3 fully saturated rings. The molecule has 182 valence electrons. The molecule has 1 saturated carbocycles. The normalized spacial score (nSPS) is 21.2. The average molecular weight is 500 g/mol. The van der Waals surface area contributed by atoms with E-state index in [1.165, 1.54) is 11.8 Å². The maximum Gasteiger partial charge on any atom is 0.270 e. The van der Waals surface area contributed by atoms with Crippen molar-refractivity contribution in [1.82, 2.24) is 14.4 Å². The number of carbonyl (C=O) groups is 1. The summed E-state index contributed by atoms with van der Waals surface area (Å²) in [7, 11) is 0. The van der Waals surface area contributed by atoms with E-state index in [9.17, 15) is 14.9 Å². The van der Waals surface area contributed by atoms with Crippen molar-refractivity contribution >= 4 is 46.1 Å². The molecule has 0 atom stereocenters. The van der Waals surface area contributed by atoms with E-state index < -0.39 is 0 Å². The third kappa shape index (κ3) is 4.56. The van der Waals surface area contributed by atoms with Gasteiger partial charge in [0.15, 0.2) is 0 Å². The Hall–Kier alpha value is -2.15. The van der Waals surface area contributed by atoms with Gasteiger partial charge in [-0.3, -0.25) is 19.1 Å². The minimum Gasteiger partial charge on any atom is -0.355 e. The van der Waals surface area contributed by atoms with Gasteiger partial charge in [-0.05, 0) is 44.4 Å². The van der Waals surface area contributed by atoms with Crippen molar-refractivity contribution in [2.24, 2.45) is 0 Å². The molecule has 0 radical (unpaired) electrons. The van der Waals surface area contributed by atoms with Gasteiger partial charge in [0.05, 0.1) is 4.91 Å². The molecule has 3 aliphatic rings. The van der Waals surface area contributed by atoms with Crippen LogP contribution in [0.25, 0.3) is 6.08 Å². The number of piperazine rings is 1. The summed E-state index contributed by atoms with van der Waals surface area (Å²) in [6.07, 6.45) is 6.90. The Labute approximate surface area is 211 Å². The molecule has 2 saturated heterocycles. The summed E-state index contributed by atoms with van der Waals surface area (Å²) in [6.45, 7) is 11.0. The van der Waals surface area contributed by atoms with Crippen LogP contribution in [0.5, 0.6) is 0 Å². The fourth-order valence-corrected chi connectivity index (χ4v) is 6.66. The third-order valence-corrected chi connectivity index (χ3v) is 8.53. The van der Waals surface area contributed by atoms with Crippen LogP contribution in [-0.4, -0.2) is 63.4 Å². The summed E-state index contributed by atoms with van der Waals surface area (Å²) in [5.41, 5.74) is 1.34. The van der Waals surface area contributed by atoms with Crippen LogP contribution in [0.4, 0.5) is 5.82 Å². The van der Waals surface area contributed by atoms with Crippen LogP contribution in [0.2, 0.25) is 0 Å². The van der Waals surface area contributed by atoms with E-state index in [2.05, 4.69) is 22.8 Å². The first-order chi connectivity index (χ1) is 16.4. The third-order valence-electron chi connectivity index (χ3n) is 7.20. The molecule has 34 heavy (non-hydrogen) atoms. The quantitative estimate of drug-likeness (QED) is 0.436. The van der Waals surface area contributed by atoms with E-state index in [4.69, 9.17) is 12.2 Å². The summed E-state index contributed by atoms with van der Waals surface area (Å²) in [5, 5.41) is 9.82. The van der Waals surface area contributed by atoms with E-state index >= 15 is 0 Å². The molecule has 9 heteroatoms. The predicted molar refractivity (Wildman–Crippen MR) is 142 cm³/mol. The second-order valence-corrected chi connectivity index (χ2v) is 10.9. The molecule has 1 aromatic rings. The van der Waals surface area contributed by atoms with Crippen LogP contribution in [0.15, 0.2) is 9.70 Å². The highest BCUT2D eigenvalue weighted by molar-refractivity contribution is 8.26. The molecule has 0 spiro atoms. The van der Waals surface area contributed by atoms with Crippen molar-refractivity contribution < 1.29 is 4.79 Å². The second kappa shape index (κ2) is 10.6. The number of carbonyl (C=O) groups excluding carboxylic acids is 1. The van der Waals surface area contributed by atoms with E-state index in [1.807, 2.05) is 19.9 Å². The lowest BCUT2D eigenvalue weighted by atomic mass is 10.0. The summed E-state index contributed by atoms with van der Waals surface area (Å²) in [5.74, 6) is 0.778. The number of amides is 1. The molecule has 0 unspecified atom stereocenters. The fourth-order valence-electron chi connectivity index (χ4n) is 5.28. The van der Waals surface area contributed by atoms with Crippen molar-refractivity contribution in [1.29, 1.82) is 5.26 Å². The molecule has 3 heterocycles. The summed E-state index contributed by atoms with van der Waals surface area (Å²) in [4.78, 5) is 33.7. The average Bonchev–Trinajstić information content (AvgIpc) is 3.45. The number of aromatic nitrogens is 1. The van der Waals surface area contributed by atoms with E-state index in [1.54, 1.807) is 9.47 Å². The topological polar surface area (TPSA) is 72.6 Å². The SMILES string of the molecule is CCCn1c(N2CCN(CC)CC2)c(/C=C2/SC(=S)N(C3CCCC3)C2=O)c(C)c(C#N)c1=O. The number of pyridine rings is 1. The molecular weight excluding hydrogens is 466 g/mol. The number of nitriles is 1. The Morgan fingerprint density at radius 3 is 2.41 bits per heavy atom. The standard InChI is InChI=1S/C25H33N5O2S2/c1-4-10-29-22(28-13-11-27(5-2)12-14-28)19(17(3)20(16-26)23(29)31)15-21-24(32)30(25(33)34-21)18-8-6-7-9-18/h15,18H,4-14H2,1-3H3/b21-15+. The van der Waals surface area contributed by atoms with Gasteiger partial charge in [-0.1, -0.05) is 50.7 Å². The summed E-state index contributed by atoms with van der Waals surface area (Å²) >= 11 is 6.95. The van der Waals surface area contributed by atoms with Gasteiger partial charge in [-0.15, -0.1) is 0 Å². The first-order valence-corrected chi connectivity index (χ1v) is 13.6. The van der Waals surface area contributed by atoms with Crippen molar-refractivity contribution in [3.63, 3.8) is 0 Å². The zero-order valence-corrected chi connectivity index (χ0v) is 21.9.